The average molecular weight is 323 g/mol. The van der Waals surface area contributed by atoms with Crippen LogP contribution < -0.4 is 5.73 Å². The SMILES string of the molecule is Cc1cc(Sc2ccccc2Br)c(CN)c(C)n1. The minimum Gasteiger partial charge on any atom is -0.326 e. The molecule has 0 atom stereocenters. The molecule has 0 amide bonds. The predicted molar refractivity (Wildman–Crippen MR) is 79.9 cm³/mol. The smallest absolute Gasteiger partial charge is 0.0432 e. The molecule has 2 N–H and O–H groups in total. The van der Waals surface area contributed by atoms with E-state index in [-0.39, 0.29) is 0 Å². The van der Waals surface area contributed by atoms with Crippen molar-refractivity contribution in [3.63, 3.8) is 0 Å². The summed E-state index contributed by atoms with van der Waals surface area (Å²) >= 11 is 5.30. The maximum Gasteiger partial charge on any atom is 0.0432 e. The number of aryl methyl sites for hydroxylation is 2. The monoisotopic (exact) mass is 322 g/mol. The molecule has 0 bridgehead atoms. The number of rotatable bonds is 3. The number of hydrogen-bond acceptors (Lipinski definition) is 3. The first-order valence-corrected chi connectivity index (χ1v) is 7.32. The second-order valence-electron chi connectivity index (χ2n) is 4.06. The van der Waals surface area contributed by atoms with E-state index in [0.29, 0.717) is 6.54 Å². The number of nitrogens with zero attached hydrogens (tertiary/aromatic N) is 1. The molecular formula is C14H15BrN2S. The van der Waals surface area contributed by atoms with Gasteiger partial charge in [0.05, 0.1) is 0 Å². The molecule has 0 spiro atoms. The Kier molecular flexibility index (Phi) is 4.43. The standard InChI is InChI=1S/C14H15BrN2S/c1-9-7-14(11(8-16)10(2)17-9)18-13-6-4-3-5-12(13)15/h3-7H,8,16H2,1-2H3. The number of hydrogen-bond donors (Lipinski definition) is 1. The lowest BCUT2D eigenvalue weighted by Gasteiger charge is -2.12. The van der Waals surface area contributed by atoms with Crippen LogP contribution in [-0.2, 0) is 6.54 Å². The van der Waals surface area contributed by atoms with E-state index in [2.05, 4.69) is 33.0 Å². The van der Waals surface area contributed by atoms with Crippen LogP contribution in [0, 0.1) is 13.8 Å². The highest BCUT2D eigenvalue weighted by Gasteiger charge is 2.10. The van der Waals surface area contributed by atoms with Crippen molar-refractivity contribution >= 4 is 27.7 Å². The molecule has 0 unspecified atom stereocenters. The summed E-state index contributed by atoms with van der Waals surface area (Å²) in [4.78, 5) is 6.85. The first-order chi connectivity index (χ1) is 8.61. The number of benzene rings is 1. The Labute approximate surface area is 120 Å². The van der Waals surface area contributed by atoms with E-state index >= 15 is 0 Å². The first kappa shape index (κ1) is 13.6. The van der Waals surface area contributed by atoms with E-state index < -0.39 is 0 Å². The number of nitrogens with two attached hydrogens (primary N) is 1. The van der Waals surface area contributed by atoms with Crippen LogP contribution in [0.25, 0.3) is 0 Å². The van der Waals surface area contributed by atoms with E-state index in [1.54, 1.807) is 11.8 Å². The zero-order chi connectivity index (χ0) is 13.1. The molecule has 2 nitrogen and oxygen atoms in total. The molecule has 0 saturated carbocycles. The first-order valence-electron chi connectivity index (χ1n) is 5.71. The molecule has 1 heterocycles. The molecule has 0 aliphatic heterocycles. The molecule has 0 aliphatic rings. The van der Waals surface area contributed by atoms with Gasteiger partial charge in [0, 0.05) is 37.8 Å². The van der Waals surface area contributed by atoms with Gasteiger partial charge in [-0.1, -0.05) is 23.9 Å². The van der Waals surface area contributed by atoms with E-state index in [1.165, 1.54) is 9.79 Å². The summed E-state index contributed by atoms with van der Waals surface area (Å²) in [5.74, 6) is 0. The maximum absolute atomic E-state index is 5.83. The number of aromatic nitrogens is 1. The van der Waals surface area contributed by atoms with Gasteiger partial charge < -0.3 is 5.73 Å². The largest absolute Gasteiger partial charge is 0.326 e. The normalized spacial score (nSPS) is 10.7. The Morgan fingerprint density at radius 3 is 2.61 bits per heavy atom. The highest BCUT2D eigenvalue weighted by atomic mass is 79.9. The Hall–Kier alpha value is -0.840. The van der Waals surface area contributed by atoms with Crippen molar-refractivity contribution in [3.8, 4) is 0 Å². The summed E-state index contributed by atoms with van der Waals surface area (Å²) in [5, 5.41) is 0. The molecule has 2 rings (SSSR count). The van der Waals surface area contributed by atoms with E-state index in [9.17, 15) is 0 Å². The van der Waals surface area contributed by atoms with Crippen LogP contribution in [0.5, 0.6) is 0 Å². The van der Waals surface area contributed by atoms with Gasteiger partial charge in [-0.15, -0.1) is 0 Å². The van der Waals surface area contributed by atoms with Gasteiger partial charge in [0.2, 0.25) is 0 Å². The Morgan fingerprint density at radius 2 is 1.94 bits per heavy atom. The molecule has 4 heteroatoms. The fourth-order valence-corrected chi connectivity index (χ4v) is 3.47. The fourth-order valence-electron chi connectivity index (χ4n) is 1.80. The minimum absolute atomic E-state index is 0.520. The lowest BCUT2D eigenvalue weighted by Crippen LogP contribution is -2.04. The third kappa shape index (κ3) is 2.94. The van der Waals surface area contributed by atoms with Crippen molar-refractivity contribution in [3.05, 3.63) is 51.8 Å². The summed E-state index contributed by atoms with van der Waals surface area (Å²) in [6.07, 6.45) is 0. The summed E-state index contributed by atoms with van der Waals surface area (Å²) < 4.78 is 1.10. The van der Waals surface area contributed by atoms with Crippen LogP contribution in [0.1, 0.15) is 17.0 Å². The molecule has 18 heavy (non-hydrogen) atoms. The van der Waals surface area contributed by atoms with Crippen LogP contribution in [0.4, 0.5) is 0 Å². The zero-order valence-electron chi connectivity index (χ0n) is 10.4. The van der Waals surface area contributed by atoms with Crippen LogP contribution in [0.3, 0.4) is 0 Å². The molecule has 1 aromatic heterocycles. The number of pyridine rings is 1. The third-order valence-corrected chi connectivity index (χ3v) is 4.79. The van der Waals surface area contributed by atoms with Gasteiger partial charge in [-0.3, -0.25) is 4.98 Å². The van der Waals surface area contributed by atoms with Gasteiger partial charge in [-0.2, -0.15) is 0 Å². The summed E-state index contributed by atoms with van der Waals surface area (Å²) in [6, 6.07) is 10.3. The van der Waals surface area contributed by atoms with Gasteiger partial charge >= 0.3 is 0 Å². The molecule has 2 aromatic rings. The summed E-state index contributed by atoms with van der Waals surface area (Å²) in [7, 11) is 0. The second kappa shape index (κ2) is 5.87. The summed E-state index contributed by atoms with van der Waals surface area (Å²) in [5.41, 5.74) is 9.00. The van der Waals surface area contributed by atoms with E-state index in [1.807, 2.05) is 32.0 Å². The average Bonchev–Trinajstić information content (AvgIpc) is 2.31. The van der Waals surface area contributed by atoms with Crippen molar-refractivity contribution in [2.45, 2.75) is 30.2 Å². The Bertz CT molecular complexity index is 570. The molecule has 0 aliphatic carbocycles. The van der Waals surface area contributed by atoms with Crippen LogP contribution >= 0.6 is 27.7 Å². The summed E-state index contributed by atoms with van der Waals surface area (Å²) in [6.45, 7) is 4.54. The lowest BCUT2D eigenvalue weighted by atomic mass is 10.2. The van der Waals surface area contributed by atoms with Crippen molar-refractivity contribution < 1.29 is 0 Å². The van der Waals surface area contributed by atoms with Crippen LogP contribution in [0.2, 0.25) is 0 Å². The Morgan fingerprint density at radius 1 is 1.22 bits per heavy atom. The predicted octanol–water partition coefficient (Wildman–Crippen LogP) is 4.07. The van der Waals surface area contributed by atoms with Gasteiger partial charge in [-0.05, 0) is 48.0 Å². The van der Waals surface area contributed by atoms with Crippen molar-refractivity contribution in [1.82, 2.24) is 4.98 Å². The second-order valence-corrected chi connectivity index (χ2v) is 6.00. The van der Waals surface area contributed by atoms with Crippen molar-refractivity contribution in [1.29, 1.82) is 0 Å². The highest BCUT2D eigenvalue weighted by Crippen LogP contribution is 2.35. The highest BCUT2D eigenvalue weighted by molar-refractivity contribution is 9.10. The molecule has 1 aromatic carbocycles. The Balaban J connectivity index is 2.43. The molecule has 0 fully saturated rings. The van der Waals surface area contributed by atoms with Gasteiger partial charge in [0.25, 0.3) is 0 Å². The van der Waals surface area contributed by atoms with Crippen LogP contribution in [-0.4, -0.2) is 4.98 Å². The van der Waals surface area contributed by atoms with E-state index in [4.69, 9.17) is 5.73 Å². The molecule has 0 saturated heterocycles. The molecule has 94 valence electrons. The van der Waals surface area contributed by atoms with Crippen molar-refractivity contribution in [2.75, 3.05) is 0 Å². The molecular weight excluding hydrogens is 308 g/mol. The number of halogens is 1. The van der Waals surface area contributed by atoms with Gasteiger partial charge in [0.1, 0.15) is 0 Å². The quantitative estimate of drug-likeness (QED) is 0.925. The van der Waals surface area contributed by atoms with Crippen molar-refractivity contribution in [2.24, 2.45) is 5.73 Å². The molecule has 0 radical (unpaired) electrons. The lowest BCUT2D eigenvalue weighted by molar-refractivity contribution is 0.945. The van der Waals surface area contributed by atoms with E-state index in [0.717, 1.165) is 21.4 Å². The topological polar surface area (TPSA) is 38.9 Å². The van der Waals surface area contributed by atoms with Gasteiger partial charge in [0.15, 0.2) is 0 Å². The zero-order valence-corrected chi connectivity index (χ0v) is 12.8. The van der Waals surface area contributed by atoms with Crippen LogP contribution in [0.15, 0.2) is 44.6 Å². The minimum atomic E-state index is 0.520. The maximum atomic E-state index is 5.83. The third-order valence-electron chi connectivity index (χ3n) is 2.68. The fraction of sp³-hybridized carbons (Fsp3) is 0.214. The van der Waals surface area contributed by atoms with Gasteiger partial charge in [-0.25, -0.2) is 0 Å².